The summed E-state index contributed by atoms with van der Waals surface area (Å²) in [5.41, 5.74) is 1.86. The van der Waals surface area contributed by atoms with Crippen LogP contribution in [0.1, 0.15) is 62.5 Å². The summed E-state index contributed by atoms with van der Waals surface area (Å²) in [6.07, 6.45) is 19.6. The predicted octanol–water partition coefficient (Wildman–Crippen LogP) is 7.14. The Balaban J connectivity index is 0.000000298. The van der Waals surface area contributed by atoms with Crippen LogP contribution in [0.25, 0.3) is 0 Å². The summed E-state index contributed by atoms with van der Waals surface area (Å²) in [4.78, 5) is 2.43. The molecule has 0 unspecified atom stereocenters. The maximum atomic E-state index is 10.4. The molecule has 12 heteroatoms. The van der Waals surface area contributed by atoms with E-state index in [1.165, 1.54) is 96.9 Å². The Labute approximate surface area is 296 Å². The quantitative estimate of drug-likeness (QED) is 0.0548. The molecule has 0 atom stereocenters. The fourth-order valence-corrected chi connectivity index (χ4v) is 6.96. The second-order valence-corrected chi connectivity index (χ2v) is 16.6. The Morgan fingerprint density at radius 1 is 0.479 bits per heavy atom. The van der Waals surface area contributed by atoms with Gasteiger partial charge in [-0.1, -0.05) is 73.9 Å². The van der Waals surface area contributed by atoms with Gasteiger partial charge in [-0.05, 0) is 62.5 Å². The van der Waals surface area contributed by atoms with Gasteiger partial charge in [-0.15, -0.1) is 23.5 Å². The van der Waals surface area contributed by atoms with Crippen molar-refractivity contribution in [3.05, 3.63) is 109 Å². The summed E-state index contributed by atoms with van der Waals surface area (Å²) < 4.78 is 66.5. The highest BCUT2D eigenvalue weighted by molar-refractivity contribution is 7.99. The molecule has 0 amide bonds. The molecule has 0 bridgehead atoms. The molecule has 0 radical (unpaired) electrons. The monoisotopic (exact) mass is 732 g/mol. The Bertz CT molecular complexity index is 1550. The first-order valence-electron chi connectivity index (χ1n) is 16.0. The lowest BCUT2D eigenvalue weighted by molar-refractivity contribution is -0.671. The molecule has 8 nitrogen and oxygen atoms in total. The molecule has 0 fully saturated rings. The highest BCUT2D eigenvalue weighted by Crippen LogP contribution is 2.20. The van der Waals surface area contributed by atoms with E-state index in [2.05, 4.69) is 72.3 Å². The minimum atomic E-state index is -4.27. The van der Waals surface area contributed by atoms with Gasteiger partial charge in [0.2, 0.25) is 0 Å². The molecule has 4 aromatic rings. The molecule has 0 aliphatic heterocycles. The molecule has 4 rings (SSSR count). The fraction of sp³-hybridized carbons (Fsp3) is 0.389. The van der Waals surface area contributed by atoms with Crippen molar-refractivity contribution < 1.29 is 35.1 Å². The first kappa shape index (κ1) is 41.4. The molecule has 0 saturated carbocycles. The van der Waals surface area contributed by atoms with Crippen molar-refractivity contribution in [2.75, 3.05) is 11.5 Å². The maximum absolute atomic E-state index is 10.4. The van der Waals surface area contributed by atoms with Gasteiger partial charge in [-0.2, -0.15) is 0 Å². The van der Waals surface area contributed by atoms with Gasteiger partial charge in [0.1, 0.15) is 34.3 Å². The van der Waals surface area contributed by atoms with E-state index in [1.807, 2.05) is 37.4 Å². The van der Waals surface area contributed by atoms with Crippen LogP contribution in [0.2, 0.25) is 0 Å². The lowest BCUT2D eigenvalue weighted by Crippen LogP contribution is -2.25. The number of thioether (sulfide) groups is 2. The Morgan fingerprint density at radius 2 is 0.750 bits per heavy atom. The summed E-state index contributed by atoms with van der Waals surface area (Å²) in [6, 6.07) is 20.4. The van der Waals surface area contributed by atoms with Gasteiger partial charge < -0.3 is 9.11 Å². The first-order valence-corrected chi connectivity index (χ1v) is 20.7. The van der Waals surface area contributed by atoms with Crippen LogP contribution < -0.4 is 9.13 Å². The molecule has 0 N–H and O–H groups in total. The van der Waals surface area contributed by atoms with E-state index in [9.17, 15) is 25.9 Å². The van der Waals surface area contributed by atoms with Crippen LogP contribution in [0.5, 0.6) is 0 Å². The van der Waals surface area contributed by atoms with E-state index in [0.717, 1.165) is 11.1 Å². The molecule has 0 spiro atoms. The number of unbranched alkanes of at least 4 members (excludes halogenated alkanes) is 7. The van der Waals surface area contributed by atoms with Gasteiger partial charge in [0, 0.05) is 34.1 Å². The number of benzene rings is 2. The normalized spacial score (nSPS) is 11.2. The molecule has 48 heavy (non-hydrogen) atoms. The molecular weight excluding hydrogens is 685 g/mol. The molecule has 262 valence electrons. The number of nitrogens with zero attached hydrogens (tertiary/aromatic N) is 2. The summed E-state index contributed by atoms with van der Waals surface area (Å²) >= 11 is 3.98. The lowest BCUT2D eigenvalue weighted by Gasteiger charge is -2.05. The van der Waals surface area contributed by atoms with Crippen LogP contribution in [0.3, 0.4) is 0 Å². The average Bonchev–Trinajstić information content (AvgIpc) is 3.03. The smallest absolute Gasteiger partial charge is 0.169 e. The summed E-state index contributed by atoms with van der Waals surface area (Å²) in [7, 11) is -4.41. The molecule has 2 heterocycles. The Morgan fingerprint density at radius 3 is 1.02 bits per heavy atom. The standard InChI is InChI=1S/C22H34N2S2.2C7H8O3S/c1-23-15-11-21(12-16-23)25-19-9-7-5-3-4-6-8-10-20-26-22-13-17-24(2)18-14-22;2*1-6-2-4-7(5-3-6)11(8,9)10/h11-18H,3-10,19-20H2,1-2H3;2*2-5H,1H3,(H,8,9,10)/q+2;;/p-2. The maximum Gasteiger partial charge on any atom is 0.169 e. The van der Waals surface area contributed by atoms with E-state index >= 15 is 0 Å². The number of pyridine rings is 2. The van der Waals surface area contributed by atoms with Crippen LogP contribution in [-0.4, -0.2) is 37.4 Å². The highest BCUT2D eigenvalue weighted by Gasteiger charge is 2.01. The molecular formula is C36H48N2O6S4. The summed E-state index contributed by atoms with van der Waals surface area (Å²) in [5.74, 6) is 2.50. The van der Waals surface area contributed by atoms with Crippen LogP contribution in [0.4, 0.5) is 0 Å². The Kier molecular flexibility index (Phi) is 19.1. The van der Waals surface area contributed by atoms with Gasteiger partial charge >= 0.3 is 0 Å². The number of hydrogen-bond acceptors (Lipinski definition) is 8. The second kappa shape index (κ2) is 22.1. The van der Waals surface area contributed by atoms with E-state index in [1.54, 1.807) is 24.3 Å². The number of rotatable bonds is 15. The van der Waals surface area contributed by atoms with Crippen molar-refractivity contribution in [1.29, 1.82) is 0 Å². The van der Waals surface area contributed by atoms with Gasteiger partial charge in [-0.25, -0.2) is 26.0 Å². The third kappa shape index (κ3) is 18.7. The summed E-state index contributed by atoms with van der Waals surface area (Å²) in [6.45, 7) is 3.64. The van der Waals surface area contributed by atoms with Crippen molar-refractivity contribution in [2.24, 2.45) is 14.1 Å². The third-order valence-electron chi connectivity index (χ3n) is 7.09. The SMILES string of the molecule is C[n+]1ccc(SCCCCCCCCCCSc2cc[n+](C)cc2)cc1.Cc1ccc(S(=O)(=O)[O-])cc1.Cc1ccc(S(=O)(=O)[O-])cc1. The average molecular weight is 733 g/mol. The highest BCUT2D eigenvalue weighted by atomic mass is 32.2. The summed E-state index contributed by atoms with van der Waals surface area (Å²) in [5, 5.41) is 0. The molecule has 2 aromatic heterocycles. The molecule has 2 aromatic carbocycles. The van der Waals surface area contributed by atoms with Crippen molar-refractivity contribution in [1.82, 2.24) is 0 Å². The van der Waals surface area contributed by atoms with Gasteiger partial charge in [0.15, 0.2) is 24.8 Å². The zero-order chi connectivity index (χ0) is 35.4. The van der Waals surface area contributed by atoms with E-state index in [-0.39, 0.29) is 9.79 Å². The number of aryl methyl sites for hydroxylation is 4. The predicted molar refractivity (Wildman–Crippen MR) is 192 cm³/mol. The Hall–Kier alpha value is -2.74. The van der Waals surface area contributed by atoms with Crippen LogP contribution in [0, 0.1) is 13.8 Å². The van der Waals surface area contributed by atoms with E-state index < -0.39 is 20.2 Å². The van der Waals surface area contributed by atoms with Crippen LogP contribution in [-0.2, 0) is 34.3 Å². The van der Waals surface area contributed by atoms with Crippen molar-refractivity contribution in [3.63, 3.8) is 0 Å². The number of aromatic nitrogens is 2. The molecule has 0 aliphatic carbocycles. The van der Waals surface area contributed by atoms with Crippen LogP contribution in [0.15, 0.2) is 117 Å². The first-order chi connectivity index (χ1) is 22.7. The van der Waals surface area contributed by atoms with Crippen molar-refractivity contribution in [3.8, 4) is 0 Å². The molecule has 0 saturated heterocycles. The largest absolute Gasteiger partial charge is 0.744 e. The minimum absolute atomic E-state index is 0.178. The van der Waals surface area contributed by atoms with E-state index in [0.29, 0.717) is 0 Å². The van der Waals surface area contributed by atoms with Gasteiger partial charge in [-0.3, -0.25) is 0 Å². The van der Waals surface area contributed by atoms with Gasteiger partial charge in [0.25, 0.3) is 0 Å². The third-order valence-corrected chi connectivity index (χ3v) is 11.0. The molecule has 0 aliphatic rings. The van der Waals surface area contributed by atoms with Crippen LogP contribution >= 0.6 is 23.5 Å². The number of hydrogen-bond donors (Lipinski definition) is 0. The second-order valence-electron chi connectivity index (χ2n) is 11.5. The zero-order valence-electron chi connectivity index (χ0n) is 28.3. The lowest BCUT2D eigenvalue weighted by atomic mass is 10.1. The minimum Gasteiger partial charge on any atom is -0.744 e. The van der Waals surface area contributed by atoms with Crippen molar-refractivity contribution >= 4 is 43.8 Å². The zero-order valence-corrected chi connectivity index (χ0v) is 31.6. The van der Waals surface area contributed by atoms with E-state index in [4.69, 9.17) is 0 Å². The topological polar surface area (TPSA) is 122 Å². The van der Waals surface area contributed by atoms with Crippen molar-refractivity contribution in [2.45, 2.75) is 84.8 Å². The van der Waals surface area contributed by atoms with Gasteiger partial charge in [0.05, 0.1) is 9.79 Å². The fourth-order valence-electron chi connectivity index (χ4n) is 4.22.